The van der Waals surface area contributed by atoms with Crippen molar-refractivity contribution in [3.63, 3.8) is 0 Å². The molecule has 142 valence electrons. The van der Waals surface area contributed by atoms with Crippen LogP contribution in [0.3, 0.4) is 0 Å². The topological polar surface area (TPSA) is 54.1 Å². The normalized spacial score (nSPS) is 22.2. The van der Waals surface area contributed by atoms with Gasteiger partial charge < -0.3 is 14.4 Å². The lowest BCUT2D eigenvalue weighted by Crippen LogP contribution is -2.40. The number of rotatable bonds is 5. The molecule has 4 rings (SSSR count). The zero-order chi connectivity index (χ0) is 19.1. The Morgan fingerprint density at radius 3 is 2.70 bits per heavy atom. The molecule has 3 atom stereocenters. The van der Waals surface area contributed by atoms with Crippen LogP contribution in [0, 0.1) is 17.5 Å². The number of carbonyl (C=O) groups excluding carboxylic acids is 1. The molecule has 1 amide bonds. The first-order chi connectivity index (χ1) is 12.9. The highest BCUT2D eigenvalue weighted by Gasteiger charge is 2.43. The Hall–Kier alpha value is -2.58. The van der Waals surface area contributed by atoms with Gasteiger partial charge in [0.2, 0.25) is 0 Å². The summed E-state index contributed by atoms with van der Waals surface area (Å²) in [4.78, 5) is 13.5. The van der Waals surface area contributed by atoms with E-state index in [4.69, 9.17) is 9.47 Å². The van der Waals surface area contributed by atoms with Gasteiger partial charge in [-0.2, -0.15) is 0 Å². The van der Waals surface area contributed by atoms with Crippen LogP contribution in [-0.2, 0) is 11.3 Å². The van der Waals surface area contributed by atoms with Crippen molar-refractivity contribution in [2.24, 2.45) is 0 Å². The van der Waals surface area contributed by atoms with Crippen molar-refractivity contribution in [2.45, 2.75) is 31.8 Å². The largest absolute Gasteiger partial charge is 0.415 e. The van der Waals surface area contributed by atoms with Gasteiger partial charge in [-0.25, -0.2) is 18.0 Å². The van der Waals surface area contributed by atoms with Crippen LogP contribution in [0.5, 0.6) is 5.75 Å². The summed E-state index contributed by atoms with van der Waals surface area (Å²) in [5.74, 6) is -1.32. The molecule has 0 aromatic heterocycles. The summed E-state index contributed by atoms with van der Waals surface area (Å²) in [5, 5.41) is 3.09. The minimum Gasteiger partial charge on any atom is -0.410 e. The Bertz CT molecular complexity index is 892. The Morgan fingerprint density at radius 1 is 1.19 bits per heavy atom. The molecule has 0 aliphatic carbocycles. The van der Waals surface area contributed by atoms with Gasteiger partial charge in [0, 0.05) is 23.2 Å². The fourth-order valence-corrected chi connectivity index (χ4v) is 3.17. The first-order valence-electron chi connectivity index (χ1n) is 8.52. The number of fused-ring (bicyclic) bond motifs is 1. The number of hydrogen-bond acceptors (Lipinski definition) is 4. The van der Waals surface area contributed by atoms with Gasteiger partial charge in [-0.15, -0.1) is 0 Å². The van der Waals surface area contributed by atoms with Gasteiger partial charge in [-0.1, -0.05) is 6.07 Å². The minimum absolute atomic E-state index is 0.223. The summed E-state index contributed by atoms with van der Waals surface area (Å²) in [7, 11) is 0. The number of benzene rings is 2. The summed E-state index contributed by atoms with van der Waals surface area (Å²) in [6, 6.07) is 7.01. The van der Waals surface area contributed by atoms with Crippen molar-refractivity contribution in [2.75, 3.05) is 6.54 Å². The minimum atomic E-state index is -0.635. The SMILES string of the molecule is C[C@@H](NC1OC1CN1Cc2cc(F)ccc2OC1=O)c1ccc(F)cc1F. The fourth-order valence-electron chi connectivity index (χ4n) is 3.17. The highest BCUT2D eigenvalue weighted by molar-refractivity contribution is 5.73. The number of hydrogen-bond donors (Lipinski definition) is 1. The lowest BCUT2D eigenvalue weighted by Gasteiger charge is -2.27. The Morgan fingerprint density at radius 2 is 1.93 bits per heavy atom. The molecule has 0 saturated carbocycles. The molecule has 5 nitrogen and oxygen atoms in total. The van der Waals surface area contributed by atoms with Crippen LogP contribution in [0.15, 0.2) is 36.4 Å². The van der Waals surface area contributed by atoms with Gasteiger partial charge in [-0.05, 0) is 31.2 Å². The zero-order valence-corrected chi connectivity index (χ0v) is 14.4. The van der Waals surface area contributed by atoms with E-state index in [-0.39, 0.29) is 25.4 Å². The first-order valence-corrected chi connectivity index (χ1v) is 8.52. The lowest BCUT2D eigenvalue weighted by atomic mass is 10.1. The molecule has 8 heteroatoms. The summed E-state index contributed by atoms with van der Waals surface area (Å²) in [5.41, 5.74) is 0.911. The molecule has 1 fully saturated rings. The second-order valence-electron chi connectivity index (χ2n) is 6.65. The van der Waals surface area contributed by atoms with Gasteiger partial charge in [0.05, 0.1) is 13.1 Å². The van der Waals surface area contributed by atoms with Gasteiger partial charge >= 0.3 is 6.09 Å². The van der Waals surface area contributed by atoms with E-state index in [0.29, 0.717) is 16.9 Å². The summed E-state index contributed by atoms with van der Waals surface area (Å²) in [6.45, 7) is 2.22. The van der Waals surface area contributed by atoms with E-state index >= 15 is 0 Å². The monoisotopic (exact) mass is 378 g/mol. The van der Waals surface area contributed by atoms with Crippen LogP contribution in [0.25, 0.3) is 0 Å². The molecular weight excluding hydrogens is 361 g/mol. The number of halogens is 3. The predicted octanol–water partition coefficient (Wildman–Crippen LogP) is 3.49. The maximum Gasteiger partial charge on any atom is 0.415 e. The van der Waals surface area contributed by atoms with E-state index in [1.807, 2.05) is 0 Å². The highest BCUT2D eigenvalue weighted by atomic mass is 19.1. The van der Waals surface area contributed by atoms with Crippen molar-refractivity contribution < 1.29 is 27.4 Å². The summed E-state index contributed by atoms with van der Waals surface area (Å²) in [6.07, 6.45) is -1.19. The van der Waals surface area contributed by atoms with Gasteiger partial charge in [0.15, 0.2) is 0 Å². The van der Waals surface area contributed by atoms with Gasteiger partial charge in [-0.3, -0.25) is 5.32 Å². The summed E-state index contributed by atoms with van der Waals surface area (Å²) >= 11 is 0. The third-order valence-corrected chi connectivity index (χ3v) is 4.67. The standard InChI is InChI=1S/C19H17F3N2O3/c1-10(14-4-2-13(21)7-15(14)22)23-18-17(26-18)9-24-8-11-6-12(20)3-5-16(11)27-19(24)25/h2-7,10,17-18,23H,8-9H2,1H3/t10-,17?,18?/m1/s1. The quantitative estimate of drug-likeness (QED) is 0.810. The highest BCUT2D eigenvalue weighted by Crippen LogP contribution is 2.30. The lowest BCUT2D eigenvalue weighted by molar-refractivity contribution is 0.133. The van der Waals surface area contributed by atoms with E-state index in [9.17, 15) is 18.0 Å². The van der Waals surface area contributed by atoms with Crippen molar-refractivity contribution in [1.29, 1.82) is 0 Å². The van der Waals surface area contributed by atoms with Gasteiger partial charge in [0.25, 0.3) is 0 Å². The Balaban J connectivity index is 1.35. The molecule has 2 aromatic rings. The molecule has 2 aliphatic heterocycles. The van der Waals surface area contributed by atoms with Crippen molar-refractivity contribution >= 4 is 6.09 Å². The van der Waals surface area contributed by atoms with Crippen molar-refractivity contribution in [3.8, 4) is 5.75 Å². The van der Waals surface area contributed by atoms with Crippen LogP contribution >= 0.6 is 0 Å². The number of amides is 1. The third kappa shape index (κ3) is 3.77. The van der Waals surface area contributed by atoms with E-state index in [0.717, 1.165) is 6.07 Å². The molecule has 0 bridgehead atoms. The Labute approximate surface area is 153 Å². The average molecular weight is 378 g/mol. The number of ether oxygens (including phenoxy) is 2. The third-order valence-electron chi connectivity index (χ3n) is 4.67. The van der Waals surface area contributed by atoms with E-state index in [2.05, 4.69) is 5.32 Å². The van der Waals surface area contributed by atoms with E-state index in [1.54, 1.807) is 6.92 Å². The number of nitrogens with zero attached hydrogens (tertiary/aromatic N) is 1. The first kappa shape index (κ1) is 17.8. The molecule has 2 aromatic carbocycles. The molecule has 2 unspecified atom stereocenters. The van der Waals surface area contributed by atoms with Crippen LogP contribution < -0.4 is 10.1 Å². The van der Waals surface area contributed by atoms with Crippen LogP contribution in [0.4, 0.5) is 18.0 Å². The molecule has 27 heavy (non-hydrogen) atoms. The van der Waals surface area contributed by atoms with E-state index < -0.39 is 29.6 Å². The number of nitrogens with one attached hydrogen (secondary N) is 1. The Kier molecular flexibility index (Phi) is 4.53. The molecule has 1 saturated heterocycles. The second-order valence-corrected chi connectivity index (χ2v) is 6.65. The van der Waals surface area contributed by atoms with E-state index in [1.165, 1.54) is 35.2 Å². The zero-order valence-electron chi connectivity index (χ0n) is 14.4. The maximum atomic E-state index is 13.8. The van der Waals surface area contributed by atoms with Crippen molar-refractivity contribution in [3.05, 3.63) is 65.0 Å². The molecule has 0 radical (unpaired) electrons. The smallest absolute Gasteiger partial charge is 0.410 e. The summed E-state index contributed by atoms with van der Waals surface area (Å²) < 4.78 is 50.9. The van der Waals surface area contributed by atoms with Gasteiger partial charge in [0.1, 0.15) is 35.5 Å². The van der Waals surface area contributed by atoms with Crippen LogP contribution in [0.1, 0.15) is 24.1 Å². The molecule has 2 aliphatic rings. The maximum absolute atomic E-state index is 13.8. The van der Waals surface area contributed by atoms with Crippen LogP contribution in [0.2, 0.25) is 0 Å². The predicted molar refractivity (Wildman–Crippen MR) is 89.4 cm³/mol. The molecule has 0 spiro atoms. The number of epoxide rings is 1. The molecule has 2 heterocycles. The second kappa shape index (κ2) is 6.86. The molecule has 1 N–H and O–H groups in total. The molecular formula is C19H17F3N2O3. The van der Waals surface area contributed by atoms with Crippen molar-refractivity contribution in [1.82, 2.24) is 10.2 Å². The average Bonchev–Trinajstić information content (AvgIpc) is 3.33. The van der Waals surface area contributed by atoms with Crippen LogP contribution in [-0.4, -0.2) is 29.9 Å². The number of carbonyl (C=O) groups is 1. The fraction of sp³-hybridized carbons (Fsp3) is 0.316.